The van der Waals surface area contributed by atoms with Crippen LogP contribution in [0.1, 0.15) is 46.0 Å². The number of hydrogen-bond donors (Lipinski definition) is 3. The number of fused-ring (bicyclic) bond motifs is 2. The number of hydrogen-bond acceptors (Lipinski definition) is 8. The van der Waals surface area contributed by atoms with Crippen LogP contribution < -0.4 is 0 Å². The molecule has 0 aromatic carbocycles. The minimum atomic E-state index is -1.45. The molecule has 1 spiro atoms. The maximum atomic E-state index is 12.7. The minimum Gasteiger partial charge on any atom is -0.462 e. The largest absolute Gasteiger partial charge is 0.462 e. The number of rotatable bonds is 5. The van der Waals surface area contributed by atoms with Crippen LogP contribution in [0.2, 0.25) is 0 Å². The van der Waals surface area contributed by atoms with Gasteiger partial charge in [0.1, 0.15) is 17.3 Å². The van der Waals surface area contributed by atoms with Crippen LogP contribution in [0.25, 0.3) is 0 Å². The van der Waals surface area contributed by atoms with Crippen molar-refractivity contribution >= 4 is 5.97 Å². The summed E-state index contributed by atoms with van der Waals surface area (Å²) >= 11 is 0. The Morgan fingerprint density at radius 2 is 1.94 bits per heavy atom. The summed E-state index contributed by atoms with van der Waals surface area (Å²) in [5.74, 6) is -0.845. The molecule has 1 heterocycles. The van der Waals surface area contributed by atoms with Gasteiger partial charge in [0.2, 0.25) is 0 Å². The zero-order valence-electron chi connectivity index (χ0n) is 20.2. The average Bonchev–Trinajstić information content (AvgIpc) is 3.17. The summed E-state index contributed by atoms with van der Waals surface area (Å²) in [5, 5.41) is 37.0. The first-order valence-electron chi connectivity index (χ1n) is 12.7. The van der Waals surface area contributed by atoms with Gasteiger partial charge in [0.15, 0.2) is 0 Å². The molecule has 1 aliphatic heterocycles. The highest BCUT2D eigenvalue weighted by molar-refractivity contribution is 5.66. The van der Waals surface area contributed by atoms with Crippen molar-refractivity contribution in [3.8, 4) is 0 Å². The van der Waals surface area contributed by atoms with Crippen LogP contribution in [0.15, 0.2) is 0 Å². The minimum absolute atomic E-state index is 0.0452. The zero-order chi connectivity index (χ0) is 23.6. The van der Waals surface area contributed by atoms with Crippen LogP contribution in [0.3, 0.4) is 0 Å². The second-order valence-corrected chi connectivity index (χ2v) is 12.0. The fraction of sp³-hybridized carbons (Fsp3) is 0.960. The van der Waals surface area contributed by atoms with Crippen molar-refractivity contribution in [1.82, 2.24) is 4.90 Å². The van der Waals surface area contributed by atoms with Crippen LogP contribution in [0.5, 0.6) is 0 Å². The molecule has 5 saturated carbocycles. The first-order chi connectivity index (χ1) is 15.6. The van der Waals surface area contributed by atoms with Gasteiger partial charge in [-0.05, 0) is 44.1 Å². The molecule has 8 nitrogen and oxygen atoms in total. The third-order valence-corrected chi connectivity index (χ3v) is 11.3. The number of nitrogens with zero attached hydrogens (tertiary/aromatic N) is 1. The molecule has 8 heteroatoms. The third kappa shape index (κ3) is 2.32. The molecule has 0 unspecified atom stereocenters. The summed E-state index contributed by atoms with van der Waals surface area (Å²) in [6.45, 7) is 5.63. The van der Waals surface area contributed by atoms with Crippen LogP contribution >= 0.6 is 0 Å². The maximum absolute atomic E-state index is 12.7. The van der Waals surface area contributed by atoms with E-state index in [0.29, 0.717) is 25.9 Å². The number of methoxy groups -OCH3 is 2. The number of esters is 1. The normalized spacial score (nSPS) is 58.4. The Kier molecular flexibility index (Phi) is 4.75. The van der Waals surface area contributed by atoms with Gasteiger partial charge in [-0.1, -0.05) is 6.92 Å². The van der Waals surface area contributed by atoms with Crippen LogP contribution in [-0.4, -0.2) is 95.7 Å². The predicted octanol–water partition coefficient (Wildman–Crippen LogP) is 0.563. The number of carbonyl (C=O) groups is 1. The van der Waals surface area contributed by atoms with Gasteiger partial charge in [-0.25, -0.2) is 0 Å². The molecule has 1 saturated heterocycles. The second kappa shape index (κ2) is 6.92. The van der Waals surface area contributed by atoms with E-state index in [2.05, 4.69) is 11.8 Å². The number of likely N-dealkylation sites (N-methyl/N-ethyl adjacent to an activating group) is 1. The van der Waals surface area contributed by atoms with E-state index in [1.54, 1.807) is 14.2 Å². The monoisotopic (exact) mass is 465 g/mol. The number of carbonyl (C=O) groups excluding carboxylic acids is 1. The molecule has 0 aromatic rings. The van der Waals surface area contributed by atoms with Gasteiger partial charge < -0.3 is 29.5 Å². The van der Waals surface area contributed by atoms with Crippen molar-refractivity contribution in [3.63, 3.8) is 0 Å². The number of ether oxygens (including phenoxy) is 3. The van der Waals surface area contributed by atoms with E-state index in [1.807, 2.05) is 0 Å². The van der Waals surface area contributed by atoms with E-state index in [9.17, 15) is 20.1 Å². The van der Waals surface area contributed by atoms with Crippen LogP contribution in [-0.2, 0) is 19.0 Å². The molecule has 186 valence electrons. The lowest BCUT2D eigenvalue weighted by molar-refractivity contribution is -0.313. The summed E-state index contributed by atoms with van der Waals surface area (Å²) in [6.07, 6.45) is 1.61. The van der Waals surface area contributed by atoms with E-state index in [1.165, 1.54) is 6.92 Å². The van der Waals surface area contributed by atoms with E-state index in [4.69, 9.17) is 14.2 Å². The topological polar surface area (TPSA) is 109 Å². The maximum Gasteiger partial charge on any atom is 0.302 e. The molecule has 0 radical (unpaired) electrons. The Bertz CT molecular complexity index is 855. The Morgan fingerprint density at radius 1 is 1.18 bits per heavy atom. The van der Waals surface area contributed by atoms with Crippen molar-refractivity contribution in [1.29, 1.82) is 0 Å². The van der Waals surface area contributed by atoms with Crippen LogP contribution in [0, 0.1) is 34.5 Å². The Morgan fingerprint density at radius 3 is 2.58 bits per heavy atom. The molecular formula is C25H39NO7. The number of aliphatic hydroxyl groups excluding tert-OH is 1. The Hall–Kier alpha value is -0.770. The molecule has 33 heavy (non-hydrogen) atoms. The first kappa shape index (κ1) is 22.7. The van der Waals surface area contributed by atoms with Gasteiger partial charge in [0.25, 0.3) is 0 Å². The standard InChI is InChI=1S/C25H39NO7/c1-5-26-11-22(12-31-3)7-6-18(28)25-15-8-14-16(32-4)9-23(29,19(15)20(14)33-13(2)27)24(30,21(25)26)10-17(22)25/h14-21,28-30H,5-12H2,1-4H3/t14-,15-,16-,17-,18-,19+,20-,21+,22-,23+,24-,25+/m0/s1. The van der Waals surface area contributed by atoms with Crippen molar-refractivity contribution in [2.24, 2.45) is 34.5 Å². The summed E-state index contributed by atoms with van der Waals surface area (Å²) < 4.78 is 17.5. The molecule has 6 rings (SSSR count). The smallest absolute Gasteiger partial charge is 0.302 e. The van der Waals surface area contributed by atoms with Gasteiger partial charge in [-0.15, -0.1) is 0 Å². The molecule has 7 bridgehead atoms. The lowest BCUT2D eigenvalue weighted by Crippen LogP contribution is -2.81. The lowest BCUT2D eigenvalue weighted by Gasteiger charge is -2.70. The van der Waals surface area contributed by atoms with Gasteiger partial charge in [-0.3, -0.25) is 9.69 Å². The summed E-state index contributed by atoms with van der Waals surface area (Å²) in [4.78, 5) is 14.5. The van der Waals surface area contributed by atoms with Crippen molar-refractivity contribution < 1.29 is 34.3 Å². The third-order valence-electron chi connectivity index (χ3n) is 11.3. The van der Waals surface area contributed by atoms with Crippen molar-refractivity contribution in [2.45, 2.75) is 81.5 Å². The molecule has 6 fully saturated rings. The van der Waals surface area contributed by atoms with Gasteiger partial charge in [-0.2, -0.15) is 0 Å². The first-order valence-corrected chi connectivity index (χ1v) is 12.7. The fourth-order valence-electron chi connectivity index (χ4n) is 10.7. The molecule has 0 aromatic heterocycles. The Labute approximate surface area is 195 Å². The highest BCUT2D eigenvalue weighted by Gasteiger charge is 2.88. The average molecular weight is 466 g/mol. The quantitative estimate of drug-likeness (QED) is 0.506. The van der Waals surface area contributed by atoms with E-state index in [0.717, 1.165) is 25.9 Å². The SMILES string of the molecule is CCN1C[C@]2(COC)CC[C@H](O)[C@@]34[C@H]5C[C@@H]6[C@H](OC(C)=O)[C@@H]5[C@](O)(C[C@@H]6OC)[C@](O)(C[C@@H]23)[C@@H]14. The number of aliphatic hydroxyl groups is 3. The predicted molar refractivity (Wildman–Crippen MR) is 117 cm³/mol. The summed E-state index contributed by atoms with van der Waals surface area (Å²) in [5.41, 5.74) is -3.60. The van der Waals surface area contributed by atoms with Gasteiger partial charge in [0.05, 0.1) is 18.8 Å². The molecule has 5 aliphatic carbocycles. The van der Waals surface area contributed by atoms with Gasteiger partial charge >= 0.3 is 5.97 Å². The van der Waals surface area contributed by atoms with E-state index in [-0.39, 0.29) is 41.3 Å². The Balaban J connectivity index is 1.60. The van der Waals surface area contributed by atoms with E-state index >= 15 is 0 Å². The van der Waals surface area contributed by atoms with Crippen molar-refractivity contribution in [2.75, 3.05) is 33.9 Å². The zero-order valence-corrected chi connectivity index (χ0v) is 20.2. The highest BCUT2D eigenvalue weighted by Crippen LogP contribution is 2.80. The molecule has 3 N–H and O–H groups in total. The number of piperidine rings is 1. The fourth-order valence-corrected chi connectivity index (χ4v) is 10.7. The van der Waals surface area contributed by atoms with Crippen molar-refractivity contribution in [3.05, 3.63) is 0 Å². The summed E-state index contributed by atoms with van der Waals surface area (Å²) in [7, 11) is 3.37. The van der Waals surface area contributed by atoms with Crippen LogP contribution in [0.4, 0.5) is 0 Å². The second-order valence-electron chi connectivity index (χ2n) is 12.0. The molecule has 0 amide bonds. The lowest BCUT2D eigenvalue weighted by atomic mass is 9.42. The number of likely N-dealkylation sites (tertiary alicyclic amines) is 1. The summed E-state index contributed by atoms with van der Waals surface area (Å²) in [6, 6.07) is -0.334. The van der Waals surface area contributed by atoms with E-state index < -0.39 is 34.7 Å². The molecule has 12 atom stereocenters. The highest BCUT2D eigenvalue weighted by atomic mass is 16.5. The molecular weight excluding hydrogens is 426 g/mol. The molecule has 6 aliphatic rings. The van der Waals surface area contributed by atoms with Gasteiger partial charge in [0, 0.05) is 62.8 Å².